The van der Waals surface area contributed by atoms with E-state index in [9.17, 15) is 14.7 Å². The van der Waals surface area contributed by atoms with Crippen molar-refractivity contribution < 1.29 is 14.7 Å². The van der Waals surface area contributed by atoms with E-state index in [4.69, 9.17) is 0 Å². The van der Waals surface area contributed by atoms with Crippen LogP contribution < -0.4 is 9.80 Å². The maximum Gasteiger partial charge on any atom is 0.258 e. The molecule has 1 N–H and O–H groups in total. The molecule has 3 aromatic carbocycles. The van der Waals surface area contributed by atoms with Crippen molar-refractivity contribution in [2.75, 3.05) is 9.80 Å². The van der Waals surface area contributed by atoms with E-state index in [0.29, 0.717) is 18.4 Å². The molecule has 0 aromatic heterocycles. The Hall–Kier alpha value is -3.60. The Morgan fingerprint density at radius 3 is 2.29 bits per heavy atom. The topological polar surface area (TPSA) is 60.9 Å². The number of carbonyl (C=O) groups is 2. The number of anilines is 2. The third kappa shape index (κ3) is 3.91. The second kappa shape index (κ2) is 8.64. The van der Waals surface area contributed by atoms with Gasteiger partial charge in [-0.25, -0.2) is 0 Å². The monoisotopic (exact) mass is 414 g/mol. The van der Waals surface area contributed by atoms with Gasteiger partial charge in [-0.1, -0.05) is 43.3 Å². The van der Waals surface area contributed by atoms with E-state index in [2.05, 4.69) is 0 Å². The molecular formula is C26H26N2O3. The molecule has 4 rings (SSSR count). The van der Waals surface area contributed by atoms with E-state index in [-0.39, 0.29) is 29.6 Å². The zero-order valence-corrected chi connectivity index (χ0v) is 17.7. The summed E-state index contributed by atoms with van der Waals surface area (Å²) < 4.78 is 0. The number of amides is 2. The molecule has 0 saturated carbocycles. The second-order valence-corrected chi connectivity index (χ2v) is 7.83. The van der Waals surface area contributed by atoms with Crippen LogP contribution in [0.3, 0.4) is 0 Å². The molecule has 0 spiro atoms. The number of phenols is 1. The predicted octanol–water partition coefficient (Wildman–Crippen LogP) is 5.32. The summed E-state index contributed by atoms with van der Waals surface area (Å²) in [6.45, 7) is 3.89. The van der Waals surface area contributed by atoms with Crippen LogP contribution in [0.25, 0.3) is 0 Å². The summed E-state index contributed by atoms with van der Waals surface area (Å²) in [5, 5.41) is 9.58. The lowest BCUT2D eigenvalue weighted by Crippen LogP contribution is -2.47. The van der Waals surface area contributed by atoms with Crippen molar-refractivity contribution in [1.82, 2.24) is 0 Å². The van der Waals surface area contributed by atoms with E-state index in [1.807, 2.05) is 73.3 Å². The molecule has 158 valence electrons. The molecule has 1 heterocycles. The largest absolute Gasteiger partial charge is 0.508 e. The van der Waals surface area contributed by atoms with Gasteiger partial charge in [0.2, 0.25) is 5.91 Å². The fraction of sp³-hybridized carbons (Fsp3) is 0.231. The highest BCUT2D eigenvalue weighted by molar-refractivity contribution is 6.07. The van der Waals surface area contributed by atoms with Crippen LogP contribution in [-0.4, -0.2) is 23.0 Å². The molecule has 0 bridgehead atoms. The second-order valence-electron chi connectivity index (χ2n) is 7.83. The van der Waals surface area contributed by atoms with Crippen LogP contribution in [0.1, 0.15) is 48.7 Å². The van der Waals surface area contributed by atoms with E-state index < -0.39 is 0 Å². The van der Waals surface area contributed by atoms with Gasteiger partial charge in [0.25, 0.3) is 5.91 Å². The lowest BCUT2D eigenvalue weighted by atomic mass is 9.89. The maximum absolute atomic E-state index is 13.4. The molecule has 0 aliphatic carbocycles. The molecule has 2 amide bonds. The first-order valence-corrected chi connectivity index (χ1v) is 10.6. The van der Waals surface area contributed by atoms with Crippen molar-refractivity contribution in [1.29, 1.82) is 0 Å². The van der Waals surface area contributed by atoms with E-state index >= 15 is 0 Å². The van der Waals surface area contributed by atoms with E-state index in [0.717, 1.165) is 16.9 Å². The number of nitrogens with zero attached hydrogens (tertiary/aromatic N) is 2. The van der Waals surface area contributed by atoms with Gasteiger partial charge in [-0.05, 0) is 61.4 Å². The Morgan fingerprint density at radius 2 is 1.61 bits per heavy atom. The molecule has 5 nitrogen and oxygen atoms in total. The number of para-hydroxylation sites is 2. The number of benzene rings is 3. The average molecular weight is 415 g/mol. The number of carbonyl (C=O) groups excluding carboxylic acids is 2. The number of rotatable bonds is 4. The maximum atomic E-state index is 13.4. The first-order valence-electron chi connectivity index (χ1n) is 10.6. The molecule has 0 unspecified atom stereocenters. The third-order valence-corrected chi connectivity index (χ3v) is 5.81. The number of hydrogen-bond acceptors (Lipinski definition) is 3. The van der Waals surface area contributed by atoms with E-state index in [1.165, 1.54) is 12.1 Å². The van der Waals surface area contributed by atoms with Gasteiger partial charge in [-0.2, -0.15) is 0 Å². The minimum absolute atomic E-state index is 0.0523. The Balaban J connectivity index is 1.78. The predicted molar refractivity (Wildman–Crippen MR) is 122 cm³/mol. The number of aromatic hydroxyl groups is 1. The normalized spacial score (nSPS) is 17.7. The van der Waals surface area contributed by atoms with Gasteiger partial charge < -0.3 is 14.9 Å². The SMILES string of the molecule is CCC(=O)N(c1ccccc1)[C@H]1C[C@@H](C)N(C(=O)c2ccc(O)cc2)c2ccccc21. The lowest BCUT2D eigenvalue weighted by Gasteiger charge is -2.43. The standard InChI is InChI=1S/C26H26N2O3/c1-3-25(30)28(20-9-5-4-6-10-20)24-17-18(2)27(23-12-8-7-11-22(23)24)26(31)19-13-15-21(29)16-14-19/h4-16,18,24,29H,3,17H2,1-2H3/t18-,24+/m1/s1. The first-order chi connectivity index (χ1) is 15.0. The van der Waals surface area contributed by atoms with Crippen LogP contribution in [0.2, 0.25) is 0 Å². The molecule has 1 aliphatic heterocycles. The molecular weight excluding hydrogens is 388 g/mol. The smallest absolute Gasteiger partial charge is 0.258 e. The van der Waals surface area contributed by atoms with Crippen molar-refractivity contribution in [3.63, 3.8) is 0 Å². The minimum atomic E-state index is -0.162. The average Bonchev–Trinajstić information content (AvgIpc) is 2.80. The van der Waals surface area contributed by atoms with Crippen molar-refractivity contribution >= 4 is 23.2 Å². The number of phenolic OH excluding ortho intramolecular Hbond substituents is 1. The molecule has 31 heavy (non-hydrogen) atoms. The fourth-order valence-corrected chi connectivity index (χ4v) is 4.34. The van der Waals surface area contributed by atoms with Gasteiger partial charge in [0, 0.05) is 29.4 Å². The number of hydrogen-bond donors (Lipinski definition) is 1. The van der Waals surface area contributed by atoms with Gasteiger partial charge in [-0.3, -0.25) is 9.59 Å². The zero-order valence-electron chi connectivity index (χ0n) is 17.7. The van der Waals surface area contributed by atoms with Gasteiger partial charge in [-0.15, -0.1) is 0 Å². The summed E-state index contributed by atoms with van der Waals surface area (Å²) >= 11 is 0. The summed E-state index contributed by atoms with van der Waals surface area (Å²) in [6, 6.07) is 23.6. The van der Waals surface area contributed by atoms with Gasteiger partial charge in [0.05, 0.1) is 6.04 Å². The molecule has 0 saturated heterocycles. The summed E-state index contributed by atoms with van der Waals surface area (Å²) in [4.78, 5) is 30.1. The van der Waals surface area contributed by atoms with Crippen molar-refractivity contribution in [2.24, 2.45) is 0 Å². The molecule has 1 aliphatic rings. The minimum Gasteiger partial charge on any atom is -0.508 e. The number of fused-ring (bicyclic) bond motifs is 1. The van der Waals surface area contributed by atoms with Gasteiger partial charge in [0.1, 0.15) is 5.75 Å². The van der Waals surface area contributed by atoms with Crippen LogP contribution in [0.15, 0.2) is 78.9 Å². The Labute approximate surface area is 182 Å². The van der Waals surface area contributed by atoms with Gasteiger partial charge >= 0.3 is 0 Å². The summed E-state index contributed by atoms with van der Waals surface area (Å²) in [6.07, 6.45) is 1.03. The lowest BCUT2D eigenvalue weighted by molar-refractivity contribution is -0.118. The highest BCUT2D eigenvalue weighted by Gasteiger charge is 2.38. The molecule has 0 radical (unpaired) electrons. The highest BCUT2D eigenvalue weighted by Crippen LogP contribution is 2.42. The highest BCUT2D eigenvalue weighted by atomic mass is 16.3. The third-order valence-electron chi connectivity index (χ3n) is 5.81. The fourth-order valence-electron chi connectivity index (χ4n) is 4.34. The van der Waals surface area contributed by atoms with Crippen molar-refractivity contribution in [3.05, 3.63) is 90.0 Å². The Bertz CT molecular complexity index is 1080. The Kier molecular flexibility index (Phi) is 5.76. The zero-order chi connectivity index (χ0) is 22.0. The molecule has 0 fully saturated rings. The van der Waals surface area contributed by atoms with Gasteiger partial charge in [0.15, 0.2) is 0 Å². The first kappa shape index (κ1) is 20.7. The van der Waals surface area contributed by atoms with Crippen molar-refractivity contribution in [2.45, 2.75) is 38.8 Å². The Morgan fingerprint density at radius 1 is 0.968 bits per heavy atom. The van der Waals surface area contributed by atoms with Crippen LogP contribution >= 0.6 is 0 Å². The van der Waals surface area contributed by atoms with Crippen LogP contribution in [0.4, 0.5) is 11.4 Å². The summed E-state index contributed by atoms with van der Waals surface area (Å²) in [7, 11) is 0. The van der Waals surface area contributed by atoms with E-state index in [1.54, 1.807) is 17.0 Å². The van der Waals surface area contributed by atoms with Crippen LogP contribution in [-0.2, 0) is 4.79 Å². The molecule has 3 aromatic rings. The molecule has 2 atom stereocenters. The van der Waals surface area contributed by atoms with Crippen LogP contribution in [0.5, 0.6) is 5.75 Å². The quantitative estimate of drug-likeness (QED) is 0.629. The van der Waals surface area contributed by atoms with Crippen LogP contribution in [0, 0.1) is 0 Å². The summed E-state index contributed by atoms with van der Waals surface area (Å²) in [5.41, 5.74) is 3.15. The van der Waals surface area contributed by atoms with Crippen molar-refractivity contribution in [3.8, 4) is 5.75 Å². The molecule has 5 heteroatoms. The summed E-state index contributed by atoms with van der Waals surface area (Å²) in [5.74, 6) is 0.0586.